The topological polar surface area (TPSA) is 59.8 Å². The van der Waals surface area contributed by atoms with Gasteiger partial charge in [-0.25, -0.2) is 4.79 Å². The molecule has 0 spiro atoms. The molecule has 0 unspecified atom stereocenters. The number of ether oxygens (including phenoxy) is 1. The zero-order valence-electron chi connectivity index (χ0n) is 11.4. The number of carbonyl (C=O) groups is 2. The van der Waals surface area contributed by atoms with Gasteiger partial charge in [-0.1, -0.05) is 6.08 Å². The Balaban J connectivity index is 2.51. The number of hydrogen-bond acceptors (Lipinski definition) is 4. The van der Waals surface area contributed by atoms with Gasteiger partial charge in [0.2, 0.25) is 0 Å². The monoisotopic (exact) mass is 273 g/mol. The normalized spacial score (nSPS) is 17.0. The first-order valence-corrected chi connectivity index (χ1v) is 6.07. The second-order valence-electron chi connectivity index (χ2n) is 4.23. The number of furan rings is 1. The van der Waals surface area contributed by atoms with E-state index >= 15 is 0 Å². The molecule has 2 heterocycles. The largest absolute Gasteiger partial charge is 0.465 e. The fourth-order valence-corrected chi connectivity index (χ4v) is 2.09. The third-order valence-electron chi connectivity index (χ3n) is 3.04. The van der Waals surface area contributed by atoms with Gasteiger partial charge in [-0.05, 0) is 25.1 Å². The summed E-state index contributed by atoms with van der Waals surface area (Å²) in [7, 11) is 1.29. The molecule has 0 fully saturated rings. The Morgan fingerprint density at radius 1 is 1.55 bits per heavy atom. The molecule has 20 heavy (non-hydrogen) atoms. The summed E-state index contributed by atoms with van der Waals surface area (Å²) < 4.78 is 9.95. The number of rotatable bonds is 4. The van der Waals surface area contributed by atoms with Crippen molar-refractivity contribution in [2.75, 3.05) is 13.7 Å². The number of methoxy groups -OCH3 is 1. The number of allylic oxidation sites excluding steroid dienone is 1. The van der Waals surface area contributed by atoms with Crippen LogP contribution in [0.2, 0.25) is 0 Å². The zero-order chi connectivity index (χ0) is 14.7. The van der Waals surface area contributed by atoms with Crippen molar-refractivity contribution in [1.29, 1.82) is 0 Å². The average Bonchev–Trinajstić information content (AvgIpc) is 3.02. The molecule has 1 aliphatic rings. The van der Waals surface area contributed by atoms with Gasteiger partial charge in [-0.15, -0.1) is 6.58 Å². The van der Waals surface area contributed by atoms with Gasteiger partial charge in [0, 0.05) is 12.2 Å². The van der Waals surface area contributed by atoms with E-state index < -0.39 is 5.97 Å². The van der Waals surface area contributed by atoms with Gasteiger partial charge in [0.05, 0.1) is 24.5 Å². The van der Waals surface area contributed by atoms with Crippen molar-refractivity contribution in [3.05, 3.63) is 53.7 Å². The van der Waals surface area contributed by atoms with Crippen LogP contribution in [-0.2, 0) is 14.3 Å². The number of hydrogen-bond donors (Lipinski definition) is 0. The Kier molecular flexibility index (Phi) is 3.89. The molecule has 0 saturated carbocycles. The van der Waals surface area contributed by atoms with Gasteiger partial charge < -0.3 is 14.1 Å². The summed E-state index contributed by atoms with van der Waals surface area (Å²) in [6.45, 7) is 5.65. The highest BCUT2D eigenvalue weighted by molar-refractivity contribution is 6.16. The summed E-state index contributed by atoms with van der Waals surface area (Å²) in [5.41, 5.74) is 1.08. The van der Waals surface area contributed by atoms with Crippen LogP contribution >= 0.6 is 0 Å². The highest BCUT2D eigenvalue weighted by Gasteiger charge is 2.36. The molecule has 1 aromatic rings. The fourth-order valence-electron chi connectivity index (χ4n) is 2.09. The maximum Gasteiger partial charge on any atom is 0.340 e. The van der Waals surface area contributed by atoms with Crippen molar-refractivity contribution in [3.8, 4) is 0 Å². The van der Waals surface area contributed by atoms with Crippen molar-refractivity contribution in [2.45, 2.75) is 6.92 Å². The van der Waals surface area contributed by atoms with Gasteiger partial charge in [0.15, 0.2) is 0 Å². The van der Waals surface area contributed by atoms with Crippen LogP contribution in [0.15, 0.2) is 52.3 Å². The second kappa shape index (κ2) is 5.61. The van der Waals surface area contributed by atoms with E-state index in [-0.39, 0.29) is 17.1 Å². The quantitative estimate of drug-likeness (QED) is 0.479. The van der Waals surface area contributed by atoms with Crippen LogP contribution in [0.25, 0.3) is 6.08 Å². The molecule has 0 radical (unpaired) electrons. The van der Waals surface area contributed by atoms with Gasteiger partial charge in [0.1, 0.15) is 5.76 Å². The molecule has 104 valence electrons. The van der Waals surface area contributed by atoms with E-state index in [4.69, 9.17) is 9.15 Å². The van der Waals surface area contributed by atoms with Gasteiger partial charge in [0.25, 0.3) is 5.91 Å². The molecule has 1 aliphatic heterocycles. The van der Waals surface area contributed by atoms with Gasteiger partial charge >= 0.3 is 5.97 Å². The van der Waals surface area contributed by atoms with E-state index in [1.54, 1.807) is 31.2 Å². The zero-order valence-corrected chi connectivity index (χ0v) is 11.4. The Morgan fingerprint density at radius 3 is 2.85 bits per heavy atom. The first-order valence-electron chi connectivity index (χ1n) is 6.07. The molecule has 0 aliphatic carbocycles. The molecule has 0 bridgehead atoms. The first kappa shape index (κ1) is 13.9. The van der Waals surface area contributed by atoms with E-state index in [1.165, 1.54) is 18.3 Å². The Hall–Kier alpha value is -2.56. The molecule has 0 atom stereocenters. The minimum absolute atomic E-state index is 0.260. The lowest BCUT2D eigenvalue weighted by molar-refractivity contribution is -0.136. The molecule has 5 nitrogen and oxygen atoms in total. The van der Waals surface area contributed by atoms with Crippen molar-refractivity contribution in [2.24, 2.45) is 0 Å². The third-order valence-corrected chi connectivity index (χ3v) is 3.04. The van der Waals surface area contributed by atoms with Crippen LogP contribution < -0.4 is 0 Å². The SMILES string of the molecule is C=CCN1C(=O)/C(=C\c2ccco2)C(C(=O)OC)=C1C. The summed E-state index contributed by atoms with van der Waals surface area (Å²) in [5.74, 6) is -0.303. The minimum atomic E-state index is -0.541. The number of esters is 1. The number of carbonyl (C=O) groups excluding carboxylic acids is 2. The molecule has 0 saturated heterocycles. The molecule has 0 N–H and O–H groups in total. The van der Waals surface area contributed by atoms with Gasteiger partial charge in [-0.3, -0.25) is 4.79 Å². The third kappa shape index (κ3) is 2.30. The maximum atomic E-state index is 12.4. The maximum absolute atomic E-state index is 12.4. The van der Waals surface area contributed by atoms with E-state index in [1.807, 2.05) is 0 Å². The molecule has 5 heteroatoms. The molecule has 1 aromatic heterocycles. The Bertz CT molecular complexity index is 608. The number of nitrogens with zero attached hydrogens (tertiary/aromatic N) is 1. The lowest BCUT2D eigenvalue weighted by Gasteiger charge is -2.14. The summed E-state index contributed by atoms with van der Waals surface area (Å²) in [4.78, 5) is 25.8. The molecule has 0 aromatic carbocycles. The summed E-state index contributed by atoms with van der Waals surface area (Å²) in [5, 5.41) is 0. The predicted octanol–water partition coefficient (Wildman–Crippen LogP) is 2.14. The molecule has 2 rings (SSSR count). The van der Waals surface area contributed by atoms with Crippen LogP contribution in [0.3, 0.4) is 0 Å². The highest BCUT2D eigenvalue weighted by atomic mass is 16.5. The van der Waals surface area contributed by atoms with Crippen molar-refractivity contribution in [1.82, 2.24) is 4.90 Å². The average molecular weight is 273 g/mol. The van der Waals surface area contributed by atoms with E-state index in [0.717, 1.165) is 0 Å². The van der Waals surface area contributed by atoms with Crippen molar-refractivity contribution >= 4 is 18.0 Å². The fraction of sp³-hybridized carbons (Fsp3) is 0.200. The van der Waals surface area contributed by atoms with Crippen LogP contribution in [-0.4, -0.2) is 30.4 Å². The van der Waals surface area contributed by atoms with Crippen molar-refractivity contribution < 1.29 is 18.7 Å². The molecular formula is C15H15NO4. The standard InChI is InChI=1S/C15H15NO4/c1-4-7-16-10(2)13(15(18)19-3)12(14(16)17)9-11-6-5-8-20-11/h4-6,8-9H,1,7H2,2-3H3/b12-9-. The smallest absolute Gasteiger partial charge is 0.340 e. The second-order valence-corrected chi connectivity index (χ2v) is 4.23. The number of amides is 1. The first-order chi connectivity index (χ1) is 9.60. The summed E-state index contributed by atoms with van der Waals surface area (Å²) >= 11 is 0. The van der Waals surface area contributed by atoms with Gasteiger partial charge in [-0.2, -0.15) is 0 Å². The molecule has 1 amide bonds. The van der Waals surface area contributed by atoms with Crippen molar-refractivity contribution in [3.63, 3.8) is 0 Å². The highest BCUT2D eigenvalue weighted by Crippen LogP contribution is 2.31. The predicted molar refractivity (Wildman–Crippen MR) is 73.3 cm³/mol. The van der Waals surface area contributed by atoms with Crippen LogP contribution in [0.4, 0.5) is 0 Å². The van der Waals surface area contributed by atoms with E-state index in [2.05, 4.69) is 6.58 Å². The minimum Gasteiger partial charge on any atom is -0.465 e. The van der Waals surface area contributed by atoms with Crippen LogP contribution in [0, 0.1) is 0 Å². The lowest BCUT2D eigenvalue weighted by Crippen LogP contribution is -2.24. The Morgan fingerprint density at radius 2 is 2.30 bits per heavy atom. The summed E-state index contributed by atoms with van der Waals surface area (Å²) in [6, 6.07) is 3.42. The molecular weight excluding hydrogens is 258 g/mol. The summed E-state index contributed by atoms with van der Waals surface area (Å²) in [6.07, 6.45) is 4.65. The lowest BCUT2D eigenvalue weighted by atomic mass is 10.1. The Labute approximate surface area is 116 Å². The van der Waals surface area contributed by atoms with Crippen LogP contribution in [0.1, 0.15) is 12.7 Å². The van der Waals surface area contributed by atoms with Crippen LogP contribution in [0.5, 0.6) is 0 Å². The van der Waals surface area contributed by atoms with E-state index in [0.29, 0.717) is 18.0 Å². The van der Waals surface area contributed by atoms with E-state index in [9.17, 15) is 9.59 Å².